The van der Waals surface area contributed by atoms with Gasteiger partial charge in [0.2, 0.25) is 0 Å². The average Bonchev–Trinajstić information content (AvgIpc) is 3.49. The molecular weight excluding hydrogens is 598 g/mol. The summed E-state index contributed by atoms with van der Waals surface area (Å²) in [4.78, 5) is 4.43. The maximum Gasteiger partial charge on any atom is 0.141 e. The van der Waals surface area contributed by atoms with E-state index in [-0.39, 0.29) is 22.7 Å². The summed E-state index contributed by atoms with van der Waals surface area (Å²) in [7, 11) is 0. The Labute approximate surface area is 256 Å². The molecule has 1 fully saturated rings. The van der Waals surface area contributed by atoms with Crippen LogP contribution in [0.25, 0.3) is 10.9 Å². The van der Waals surface area contributed by atoms with Gasteiger partial charge in [0.25, 0.3) is 0 Å². The highest BCUT2D eigenvalue weighted by Gasteiger charge is 2.23. The molecule has 212 valence electrons. The van der Waals surface area contributed by atoms with Crippen LogP contribution in [0.2, 0.25) is 15.1 Å². The minimum Gasteiger partial charge on any atom is -0.373 e. The SMILES string of the molecule is N#Cc1cnc2c(Cl)cc(N[C@@H](c3ccc(Cl)cc3)c3cn(C4CCNCC4)nn3)cc2c1Nc1ccc(F)c(Cl)c1. The Hall–Kier alpha value is -3.94. The number of benzene rings is 3. The molecule has 6 rings (SSSR count). The molecule has 5 aromatic rings. The molecule has 1 saturated heterocycles. The molecule has 0 radical (unpaired) electrons. The summed E-state index contributed by atoms with van der Waals surface area (Å²) >= 11 is 19.0. The Morgan fingerprint density at radius 2 is 1.76 bits per heavy atom. The number of anilines is 3. The van der Waals surface area contributed by atoms with Gasteiger partial charge in [-0.2, -0.15) is 5.26 Å². The van der Waals surface area contributed by atoms with Crippen molar-refractivity contribution in [3.8, 4) is 6.07 Å². The molecule has 3 aromatic carbocycles. The number of rotatable bonds is 7. The first-order chi connectivity index (χ1) is 20.4. The minimum atomic E-state index is -0.540. The number of hydrogen-bond acceptors (Lipinski definition) is 7. The normalized spacial score (nSPS) is 14.5. The number of nitrogens with one attached hydrogen (secondary N) is 3. The van der Waals surface area contributed by atoms with Crippen molar-refractivity contribution in [3.05, 3.63) is 105 Å². The third-order valence-corrected chi connectivity index (χ3v) is 8.08. The van der Waals surface area contributed by atoms with Crippen LogP contribution in [-0.2, 0) is 0 Å². The Balaban J connectivity index is 1.41. The van der Waals surface area contributed by atoms with Gasteiger partial charge in [-0.05, 0) is 74.0 Å². The molecule has 1 aliphatic heterocycles. The number of fused-ring (bicyclic) bond motifs is 1. The highest BCUT2D eigenvalue weighted by Crippen LogP contribution is 2.37. The van der Waals surface area contributed by atoms with Crippen LogP contribution < -0.4 is 16.0 Å². The lowest BCUT2D eigenvalue weighted by Crippen LogP contribution is -2.29. The first kappa shape index (κ1) is 28.2. The summed E-state index contributed by atoms with van der Waals surface area (Å²) in [6.45, 7) is 1.88. The number of hydrogen-bond donors (Lipinski definition) is 3. The number of halogens is 4. The largest absolute Gasteiger partial charge is 0.373 e. The molecule has 0 amide bonds. The number of nitrogens with zero attached hydrogens (tertiary/aromatic N) is 5. The highest BCUT2D eigenvalue weighted by molar-refractivity contribution is 6.36. The van der Waals surface area contributed by atoms with E-state index in [0.29, 0.717) is 38.0 Å². The fraction of sp³-hybridized carbons (Fsp3) is 0.200. The van der Waals surface area contributed by atoms with Gasteiger partial charge in [-0.3, -0.25) is 4.98 Å². The van der Waals surface area contributed by atoms with Crippen LogP contribution in [0.1, 0.15) is 41.7 Å². The Morgan fingerprint density at radius 1 is 1.00 bits per heavy atom. The van der Waals surface area contributed by atoms with E-state index in [1.807, 2.05) is 41.2 Å². The number of nitriles is 1. The van der Waals surface area contributed by atoms with Gasteiger partial charge >= 0.3 is 0 Å². The first-order valence-corrected chi connectivity index (χ1v) is 14.4. The van der Waals surface area contributed by atoms with Crippen molar-refractivity contribution >= 4 is 62.8 Å². The van der Waals surface area contributed by atoms with Gasteiger partial charge in [-0.15, -0.1) is 5.10 Å². The zero-order valence-electron chi connectivity index (χ0n) is 22.1. The van der Waals surface area contributed by atoms with Crippen LogP contribution in [0.5, 0.6) is 0 Å². The second-order valence-electron chi connectivity index (χ2n) is 10.0. The number of pyridine rings is 1. The summed E-state index contributed by atoms with van der Waals surface area (Å²) in [6.07, 6.45) is 5.38. The van der Waals surface area contributed by atoms with E-state index in [2.05, 4.69) is 37.3 Å². The molecule has 2 aromatic heterocycles. The van der Waals surface area contributed by atoms with Crippen molar-refractivity contribution < 1.29 is 4.39 Å². The molecular formula is C30H24Cl3FN8. The molecule has 0 aliphatic carbocycles. The maximum absolute atomic E-state index is 13.8. The summed E-state index contributed by atoms with van der Waals surface area (Å²) in [6, 6.07) is 17.5. The number of piperidine rings is 1. The van der Waals surface area contributed by atoms with Crippen molar-refractivity contribution in [2.24, 2.45) is 0 Å². The van der Waals surface area contributed by atoms with Gasteiger partial charge in [-0.25, -0.2) is 9.07 Å². The lowest BCUT2D eigenvalue weighted by Gasteiger charge is -2.22. The van der Waals surface area contributed by atoms with Gasteiger partial charge in [0, 0.05) is 28.0 Å². The lowest BCUT2D eigenvalue weighted by atomic mass is 10.0. The predicted molar refractivity (Wildman–Crippen MR) is 164 cm³/mol. The van der Waals surface area contributed by atoms with E-state index >= 15 is 0 Å². The summed E-state index contributed by atoms with van der Waals surface area (Å²) in [5.41, 5.74) is 4.09. The smallest absolute Gasteiger partial charge is 0.141 e. The van der Waals surface area contributed by atoms with Crippen LogP contribution in [0.4, 0.5) is 21.5 Å². The van der Waals surface area contributed by atoms with Crippen LogP contribution in [0, 0.1) is 17.1 Å². The fourth-order valence-electron chi connectivity index (χ4n) is 5.10. The quantitative estimate of drug-likeness (QED) is 0.171. The van der Waals surface area contributed by atoms with Gasteiger partial charge in [0.15, 0.2) is 0 Å². The molecule has 1 aliphatic rings. The molecule has 42 heavy (non-hydrogen) atoms. The third kappa shape index (κ3) is 5.85. The van der Waals surface area contributed by atoms with Crippen molar-refractivity contribution in [1.82, 2.24) is 25.3 Å². The van der Waals surface area contributed by atoms with E-state index in [9.17, 15) is 9.65 Å². The Bertz CT molecular complexity index is 1800. The van der Waals surface area contributed by atoms with Crippen LogP contribution in [0.15, 0.2) is 67.0 Å². The highest BCUT2D eigenvalue weighted by atomic mass is 35.5. The molecule has 3 heterocycles. The molecule has 0 saturated carbocycles. The second-order valence-corrected chi connectivity index (χ2v) is 11.3. The second kappa shape index (κ2) is 12.1. The molecule has 0 unspecified atom stereocenters. The van der Waals surface area contributed by atoms with Crippen molar-refractivity contribution in [1.29, 1.82) is 5.26 Å². The molecule has 12 heteroatoms. The van der Waals surface area contributed by atoms with E-state index in [1.165, 1.54) is 18.3 Å². The molecule has 3 N–H and O–H groups in total. The summed E-state index contributed by atoms with van der Waals surface area (Å²) in [5.74, 6) is -0.540. The fourth-order valence-corrected chi connectivity index (χ4v) is 5.68. The standard InChI is InChI=1S/C30H24Cl3FN8/c31-19-3-1-17(2-4-19)29(27-16-42(41-40-27)22-7-9-36-10-8-22)39-21-11-23-28(38-20-5-6-26(34)24(32)12-20)18(14-35)15-37-30(23)25(33)13-21/h1-6,11-13,15-16,22,29,36,39H,7-10H2,(H,37,38)/t29-/m0/s1. The Morgan fingerprint density at radius 3 is 2.50 bits per heavy atom. The predicted octanol–water partition coefficient (Wildman–Crippen LogP) is 7.67. The topological polar surface area (TPSA) is 103 Å². The zero-order valence-corrected chi connectivity index (χ0v) is 24.3. The van der Waals surface area contributed by atoms with Gasteiger partial charge in [0.1, 0.15) is 17.6 Å². The lowest BCUT2D eigenvalue weighted by molar-refractivity contribution is 0.337. The molecule has 1 atom stereocenters. The Kier molecular flexibility index (Phi) is 8.13. The van der Waals surface area contributed by atoms with Crippen molar-refractivity contribution in [2.45, 2.75) is 24.9 Å². The third-order valence-electron chi connectivity index (χ3n) is 7.26. The summed E-state index contributed by atoms with van der Waals surface area (Å²) in [5, 5.41) is 30.6. The molecule has 0 bridgehead atoms. The van der Waals surface area contributed by atoms with Crippen molar-refractivity contribution in [3.63, 3.8) is 0 Å². The minimum absolute atomic E-state index is 0.0411. The zero-order chi connectivity index (χ0) is 29.2. The van der Waals surface area contributed by atoms with Gasteiger partial charge in [-0.1, -0.05) is 52.1 Å². The van der Waals surface area contributed by atoms with Crippen molar-refractivity contribution in [2.75, 3.05) is 23.7 Å². The van der Waals surface area contributed by atoms with E-state index in [1.54, 1.807) is 12.1 Å². The van der Waals surface area contributed by atoms with E-state index < -0.39 is 5.82 Å². The monoisotopic (exact) mass is 620 g/mol. The van der Waals surface area contributed by atoms with Crippen LogP contribution in [-0.4, -0.2) is 33.1 Å². The van der Waals surface area contributed by atoms with E-state index in [0.717, 1.165) is 37.2 Å². The molecule has 0 spiro atoms. The number of aromatic nitrogens is 4. The summed E-state index contributed by atoms with van der Waals surface area (Å²) < 4.78 is 15.7. The van der Waals surface area contributed by atoms with Gasteiger partial charge in [0.05, 0.1) is 45.1 Å². The van der Waals surface area contributed by atoms with Crippen LogP contribution >= 0.6 is 34.8 Å². The molecule has 8 nitrogen and oxygen atoms in total. The first-order valence-electron chi connectivity index (χ1n) is 13.3. The maximum atomic E-state index is 13.8. The van der Waals surface area contributed by atoms with Crippen LogP contribution in [0.3, 0.4) is 0 Å². The van der Waals surface area contributed by atoms with E-state index in [4.69, 9.17) is 34.8 Å². The average molecular weight is 622 g/mol. The van der Waals surface area contributed by atoms with Gasteiger partial charge < -0.3 is 16.0 Å².